The number of aryl methyl sites for hydroxylation is 1. The number of carbonyl (C=O) groups is 1. The van der Waals surface area contributed by atoms with E-state index in [0.29, 0.717) is 6.42 Å². The molecule has 0 fully saturated rings. The standard InChI is InChI=1S/C11H14ClNO/c1-8-5-3-4-6-10(8)13-11(14)7-9(2)12/h3-6,9H,7H2,1-2H3,(H,13,14). The molecule has 0 saturated heterocycles. The van der Waals surface area contributed by atoms with Crippen LogP contribution in [-0.4, -0.2) is 11.3 Å². The van der Waals surface area contributed by atoms with Gasteiger partial charge in [0.1, 0.15) is 0 Å². The summed E-state index contributed by atoms with van der Waals surface area (Å²) in [4.78, 5) is 11.4. The summed E-state index contributed by atoms with van der Waals surface area (Å²) in [6.07, 6.45) is 0.343. The summed E-state index contributed by atoms with van der Waals surface area (Å²) in [7, 11) is 0. The molecule has 0 heterocycles. The fourth-order valence-electron chi connectivity index (χ4n) is 1.17. The van der Waals surface area contributed by atoms with Crippen LogP contribution in [0.1, 0.15) is 18.9 Å². The van der Waals surface area contributed by atoms with Gasteiger partial charge in [-0.1, -0.05) is 18.2 Å². The predicted octanol–water partition coefficient (Wildman–Crippen LogP) is 2.95. The lowest BCUT2D eigenvalue weighted by Crippen LogP contribution is -2.15. The van der Waals surface area contributed by atoms with Gasteiger partial charge in [0.05, 0.1) is 0 Å². The normalized spacial score (nSPS) is 12.2. The summed E-state index contributed by atoms with van der Waals surface area (Å²) in [6, 6.07) is 7.67. The Morgan fingerprint density at radius 3 is 2.71 bits per heavy atom. The molecule has 1 atom stereocenters. The number of hydrogen-bond acceptors (Lipinski definition) is 1. The lowest BCUT2D eigenvalue weighted by molar-refractivity contribution is -0.116. The Morgan fingerprint density at radius 1 is 1.50 bits per heavy atom. The van der Waals surface area contributed by atoms with Crippen molar-refractivity contribution in [3.63, 3.8) is 0 Å². The number of hydrogen-bond donors (Lipinski definition) is 1. The molecule has 1 N–H and O–H groups in total. The van der Waals surface area contributed by atoms with Gasteiger partial charge in [0.15, 0.2) is 0 Å². The molecule has 1 aromatic carbocycles. The van der Waals surface area contributed by atoms with Gasteiger partial charge in [0.2, 0.25) is 5.91 Å². The van der Waals surface area contributed by atoms with Crippen LogP contribution in [0.15, 0.2) is 24.3 Å². The highest BCUT2D eigenvalue weighted by Crippen LogP contribution is 2.14. The largest absolute Gasteiger partial charge is 0.326 e. The SMILES string of the molecule is Cc1ccccc1NC(=O)CC(C)Cl. The van der Waals surface area contributed by atoms with E-state index in [2.05, 4.69) is 5.32 Å². The van der Waals surface area contributed by atoms with Gasteiger partial charge in [-0.2, -0.15) is 0 Å². The highest BCUT2D eigenvalue weighted by atomic mass is 35.5. The van der Waals surface area contributed by atoms with Crippen LogP contribution in [0.25, 0.3) is 0 Å². The molecule has 0 spiro atoms. The minimum Gasteiger partial charge on any atom is -0.326 e. The van der Waals surface area contributed by atoms with E-state index in [1.54, 1.807) is 6.92 Å². The van der Waals surface area contributed by atoms with Gasteiger partial charge >= 0.3 is 0 Å². The van der Waals surface area contributed by atoms with Gasteiger partial charge in [0, 0.05) is 17.5 Å². The Kier molecular flexibility index (Phi) is 3.96. The zero-order chi connectivity index (χ0) is 10.6. The molecule has 1 unspecified atom stereocenters. The van der Waals surface area contributed by atoms with E-state index in [0.717, 1.165) is 11.3 Å². The molecule has 0 aliphatic carbocycles. The van der Waals surface area contributed by atoms with Crippen molar-refractivity contribution in [2.75, 3.05) is 5.32 Å². The number of halogens is 1. The van der Waals surface area contributed by atoms with E-state index in [4.69, 9.17) is 11.6 Å². The lowest BCUT2D eigenvalue weighted by Gasteiger charge is -2.08. The van der Waals surface area contributed by atoms with Crippen molar-refractivity contribution in [1.82, 2.24) is 0 Å². The Balaban J connectivity index is 2.61. The third kappa shape index (κ3) is 3.38. The quantitative estimate of drug-likeness (QED) is 0.766. The average Bonchev–Trinajstić information content (AvgIpc) is 2.07. The summed E-state index contributed by atoms with van der Waals surface area (Å²) in [6.45, 7) is 3.76. The zero-order valence-corrected chi connectivity index (χ0v) is 9.14. The monoisotopic (exact) mass is 211 g/mol. The van der Waals surface area contributed by atoms with Crippen LogP contribution in [0.4, 0.5) is 5.69 Å². The second kappa shape index (κ2) is 5.01. The molecule has 0 aliphatic heterocycles. The highest BCUT2D eigenvalue weighted by molar-refractivity contribution is 6.21. The third-order valence-corrected chi connectivity index (χ3v) is 2.04. The molecule has 0 bridgehead atoms. The topological polar surface area (TPSA) is 29.1 Å². The van der Waals surface area contributed by atoms with Gasteiger partial charge in [0.25, 0.3) is 0 Å². The predicted molar refractivity (Wildman–Crippen MR) is 59.7 cm³/mol. The molecule has 1 amide bonds. The Bertz CT molecular complexity index is 323. The van der Waals surface area contributed by atoms with Gasteiger partial charge in [-0.25, -0.2) is 0 Å². The second-order valence-electron chi connectivity index (χ2n) is 3.35. The van der Waals surface area contributed by atoms with Crippen molar-refractivity contribution in [3.05, 3.63) is 29.8 Å². The Labute approximate surface area is 89.3 Å². The molecular weight excluding hydrogens is 198 g/mol. The second-order valence-corrected chi connectivity index (χ2v) is 4.09. The number of anilines is 1. The Hall–Kier alpha value is -1.02. The van der Waals surface area contributed by atoms with Crippen LogP contribution < -0.4 is 5.32 Å². The molecule has 0 radical (unpaired) electrons. The fraction of sp³-hybridized carbons (Fsp3) is 0.364. The number of benzene rings is 1. The Morgan fingerprint density at radius 2 is 2.14 bits per heavy atom. The average molecular weight is 212 g/mol. The summed E-state index contributed by atoms with van der Waals surface area (Å²) >= 11 is 5.72. The van der Waals surface area contributed by atoms with Crippen molar-refractivity contribution in [1.29, 1.82) is 0 Å². The van der Waals surface area contributed by atoms with Crippen molar-refractivity contribution in [2.45, 2.75) is 25.6 Å². The van der Waals surface area contributed by atoms with E-state index in [1.165, 1.54) is 0 Å². The van der Waals surface area contributed by atoms with E-state index >= 15 is 0 Å². The molecule has 0 aliphatic rings. The third-order valence-electron chi connectivity index (χ3n) is 1.89. The maximum atomic E-state index is 11.4. The van der Waals surface area contributed by atoms with E-state index in [-0.39, 0.29) is 11.3 Å². The molecular formula is C11H14ClNO. The number of alkyl halides is 1. The van der Waals surface area contributed by atoms with E-state index < -0.39 is 0 Å². The van der Waals surface area contributed by atoms with Gasteiger partial charge < -0.3 is 5.32 Å². The van der Waals surface area contributed by atoms with Gasteiger partial charge in [-0.15, -0.1) is 11.6 Å². The maximum absolute atomic E-state index is 11.4. The molecule has 0 saturated carbocycles. The van der Waals surface area contributed by atoms with E-state index in [9.17, 15) is 4.79 Å². The van der Waals surface area contributed by atoms with Gasteiger partial charge in [-0.3, -0.25) is 4.79 Å². The first-order chi connectivity index (χ1) is 6.59. The number of amides is 1. The van der Waals surface area contributed by atoms with Crippen LogP contribution in [0.3, 0.4) is 0 Å². The first-order valence-corrected chi connectivity index (χ1v) is 5.03. The summed E-state index contributed by atoms with van der Waals surface area (Å²) in [5, 5.41) is 2.69. The lowest BCUT2D eigenvalue weighted by atomic mass is 10.2. The number of rotatable bonds is 3. The zero-order valence-electron chi connectivity index (χ0n) is 8.38. The minimum absolute atomic E-state index is 0.0400. The molecule has 0 aromatic heterocycles. The smallest absolute Gasteiger partial charge is 0.225 e. The fourth-order valence-corrected chi connectivity index (χ4v) is 1.31. The summed E-state index contributed by atoms with van der Waals surface area (Å²) in [5.41, 5.74) is 1.91. The van der Waals surface area contributed by atoms with E-state index in [1.807, 2.05) is 31.2 Å². The van der Waals surface area contributed by atoms with Gasteiger partial charge in [-0.05, 0) is 25.5 Å². The van der Waals surface area contributed by atoms with Crippen LogP contribution in [0.5, 0.6) is 0 Å². The number of para-hydroxylation sites is 1. The number of carbonyl (C=O) groups excluding carboxylic acids is 1. The molecule has 2 nitrogen and oxygen atoms in total. The first kappa shape index (κ1) is 11.1. The summed E-state index contributed by atoms with van der Waals surface area (Å²) in [5.74, 6) is -0.0400. The summed E-state index contributed by atoms with van der Waals surface area (Å²) < 4.78 is 0. The molecule has 1 aromatic rings. The minimum atomic E-state index is -0.126. The van der Waals surface area contributed by atoms with Crippen LogP contribution in [0, 0.1) is 6.92 Å². The van der Waals surface area contributed by atoms with Crippen molar-refractivity contribution in [3.8, 4) is 0 Å². The molecule has 3 heteroatoms. The van der Waals surface area contributed by atoms with Crippen LogP contribution in [0.2, 0.25) is 0 Å². The highest BCUT2D eigenvalue weighted by Gasteiger charge is 2.07. The van der Waals surface area contributed by atoms with Crippen molar-refractivity contribution >= 4 is 23.2 Å². The number of nitrogens with one attached hydrogen (secondary N) is 1. The maximum Gasteiger partial charge on any atom is 0.225 e. The molecule has 76 valence electrons. The van der Waals surface area contributed by atoms with Crippen molar-refractivity contribution in [2.24, 2.45) is 0 Å². The first-order valence-electron chi connectivity index (χ1n) is 4.59. The molecule has 14 heavy (non-hydrogen) atoms. The van der Waals surface area contributed by atoms with Crippen LogP contribution >= 0.6 is 11.6 Å². The molecule has 1 rings (SSSR count). The van der Waals surface area contributed by atoms with Crippen LogP contribution in [-0.2, 0) is 4.79 Å². The van der Waals surface area contributed by atoms with Crippen molar-refractivity contribution < 1.29 is 4.79 Å².